The number of anilines is 2. The third kappa shape index (κ3) is 4.55. The first-order chi connectivity index (χ1) is 15.6. The number of rotatable bonds is 7. The summed E-state index contributed by atoms with van der Waals surface area (Å²) in [6.45, 7) is 5.21. The van der Waals surface area contributed by atoms with Gasteiger partial charge in [0, 0.05) is 29.1 Å². The van der Waals surface area contributed by atoms with E-state index in [0.29, 0.717) is 19.6 Å². The number of aryl methyl sites for hydroxylation is 1. The molecule has 5 rings (SSSR count). The first-order valence-corrected chi connectivity index (χ1v) is 11.3. The second-order valence-electron chi connectivity index (χ2n) is 7.75. The average Bonchev–Trinajstić information content (AvgIpc) is 3.45. The van der Waals surface area contributed by atoms with E-state index in [1.807, 2.05) is 30.5 Å². The van der Waals surface area contributed by atoms with Gasteiger partial charge in [-0.1, -0.05) is 6.07 Å². The Morgan fingerprint density at radius 2 is 2.09 bits per heavy atom. The van der Waals surface area contributed by atoms with Crippen molar-refractivity contribution in [1.82, 2.24) is 15.0 Å². The fraction of sp³-hybridized carbons (Fsp3) is 0.250. The number of fused-ring (bicyclic) bond motifs is 1. The van der Waals surface area contributed by atoms with Crippen LogP contribution in [0.15, 0.2) is 59.3 Å². The summed E-state index contributed by atoms with van der Waals surface area (Å²) < 4.78 is 11.6. The summed E-state index contributed by atoms with van der Waals surface area (Å²) in [7, 11) is 0. The molecular formula is C24H23N5O2S. The summed E-state index contributed by atoms with van der Waals surface area (Å²) in [4.78, 5) is 17.7. The summed E-state index contributed by atoms with van der Waals surface area (Å²) in [6, 6.07) is 12.4. The van der Waals surface area contributed by atoms with Crippen LogP contribution in [0.3, 0.4) is 0 Å². The van der Waals surface area contributed by atoms with Crippen LogP contribution in [0.5, 0.6) is 5.75 Å². The van der Waals surface area contributed by atoms with Crippen molar-refractivity contribution in [2.24, 2.45) is 4.99 Å². The maximum absolute atomic E-state index is 5.91. The molecule has 0 bridgehead atoms. The highest BCUT2D eigenvalue weighted by Crippen LogP contribution is 2.28. The normalized spacial score (nSPS) is 15.4. The van der Waals surface area contributed by atoms with Gasteiger partial charge in [-0.05, 0) is 55.3 Å². The van der Waals surface area contributed by atoms with Crippen molar-refractivity contribution in [2.45, 2.75) is 32.9 Å². The molecule has 162 valence electrons. The van der Waals surface area contributed by atoms with Crippen molar-refractivity contribution < 1.29 is 9.47 Å². The fourth-order valence-electron chi connectivity index (χ4n) is 3.61. The van der Waals surface area contributed by atoms with E-state index in [2.05, 4.69) is 50.4 Å². The zero-order chi connectivity index (χ0) is 21.9. The van der Waals surface area contributed by atoms with Crippen molar-refractivity contribution >= 4 is 39.6 Å². The van der Waals surface area contributed by atoms with E-state index in [1.165, 1.54) is 0 Å². The van der Waals surface area contributed by atoms with Crippen LogP contribution >= 0.6 is 11.3 Å². The maximum Gasteiger partial charge on any atom is 0.188 e. The number of aliphatic imine (C=N–C) groups is 1. The van der Waals surface area contributed by atoms with E-state index in [0.717, 1.165) is 50.2 Å². The van der Waals surface area contributed by atoms with Gasteiger partial charge in [0.25, 0.3) is 0 Å². The van der Waals surface area contributed by atoms with E-state index in [-0.39, 0.29) is 6.04 Å². The van der Waals surface area contributed by atoms with Gasteiger partial charge in [0.1, 0.15) is 36.1 Å². The van der Waals surface area contributed by atoms with Gasteiger partial charge >= 0.3 is 0 Å². The smallest absolute Gasteiger partial charge is 0.188 e. The van der Waals surface area contributed by atoms with Crippen LogP contribution in [0.2, 0.25) is 0 Å². The molecule has 1 atom stereocenters. The highest BCUT2D eigenvalue weighted by Gasteiger charge is 2.15. The van der Waals surface area contributed by atoms with E-state index >= 15 is 0 Å². The average molecular weight is 446 g/mol. The number of nitrogens with zero attached hydrogens (tertiary/aromatic N) is 4. The Kier molecular flexibility index (Phi) is 5.68. The molecule has 2 aromatic heterocycles. The van der Waals surface area contributed by atoms with Gasteiger partial charge in [-0.2, -0.15) is 0 Å². The van der Waals surface area contributed by atoms with E-state index in [4.69, 9.17) is 9.47 Å². The molecule has 0 saturated heterocycles. The Morgan fingerprint density at radius 1 is 1.16 bits per heavy atom. The molecule has 7 nitrogen and oxygen atoms in total. The quantitative estimate of drug-likeness (QED) is 0.427. The lowest BCUT2D eigenvalue weighted by Gasteiger charge is -2.12. The summed E-state index contributed by atoms with van der Waals surface area (Å²) in [5.41, 5.74) is 3.97. The maximum atomic E-state index is 5.91. The Labute approximate surface area is 190 Å². The number of benzene rings is 2. The number of hydrogen-bond donors (Lipinski definition) is 1. The number of hydrogen-bond acceptors (Lipinski definition) is 8. The molecule has 0 radical (unpaired) electrons. The molecular weight excluding hydrogens is 422 g/mol. The van der Waals surface area contributed by atoms with Crippen molar-refractivity contribution in [2.75, 3.05) is 11.9 Å². The van der Waals surface area contributed by atoms with Crippen LogP contribution < -0.4 is 10.1 Å². The zero-order valence-corrected chi connectivity index (χ0v) is 18.7. The van der Waals surface area contributed by atoms with Gasteiger partial charge in [-0.15, -0.1) is 11.3 Å². The number of ether oxygens (including phenoxy) is 2. The first-order valence-electron chi connectivity index (χ1n) is 10.5. The van der Waals surface area contributed by atoms with Crippen LogP contribution in [0.1, 0.15) is 23.1 Å². The topological polar surface area (TPSA) is 81.5 Å². The third-order valence-electron chi connectivity index (χ3n) is 5.18. The number of thiazole rings is 1. The fourth-order valence-corrected chi connectivity index (χ4v) is 4.14. The van der Waals surface area contributed by atoms with Crippen LogP contribution in [0.4, 0.5) is 11.5 Å². The second kappa shape index (κ2) is 8.92. The lowest BCUT2D eigenvalue weighted by Crippen LogP contribution is -2.04. The largest absolute Gasteiger partial charge is 0.486 e. The number of aromatic nitrogens is 3. The molecule has 4 aromatic rings. The van der Waals surface area contributed by atoms with Crippen molar-refractivity contribution in [3.05, 3.63) is 70.4 Å². The molecule has 3 heterocycles. The van der Waals surface area contributed by atoms with Crippen molar-refractivity contribution in [3.8, 4) is 5.75 Å². The summed E-state index contributed by atoms with van der Waals surface area (Å²) in [5.74, 6) is 2.38. The van der Waals surface area contributed by atoms with Gasteiger partial charge in [-0.3, -0.25) is 0 Å². The van der Waals surface area contributed by atoms with Crippen molar-refractivity contribution in [3.63, 3.8) is 0 Å². The molecule has 1 aliphatic heterocycles. The van der Waals surface area contributed by atoms with E-state index in [1.54, 1.807) is 23.9 Å². The standard InChI is InChI=1S/C24H23N5O2S/c1-15-9-18(4-6-21(15)30-13-23-25-7-8-32-23)29-24-19-10-17(3-5-20(19)26-14-27-24)11-22-28-16(2)12-31-22/h3-10,14,16H,11-13H2,1-2H3,(H,26,27,29). The highest BCUT2D eigenvalue weighted by molar-refractivity contribution is 7.09. The highest BCUT2D eigenvalue weighted by atomic mass is 32.1. The van der Waals surface area contributed by atoms with Gasteiger partial charge in [0.2, 0.25) is 0 Å². The SMILES string of the molecule is Cc1cc(Nc2ncnc3ccc(CC4=NC(C)CO4)cc23)ccc1OCc1nccs1. The molecule has 0 amide bonds. The third-order valence-corrected chi connectivity index (χ3v) is 5.94. The van der Waals surface area contributed by atoms with Gasteiger partial charge in [-0.25, -0.2) is 19.9 Å². The molecule has 8 heteroatoms. The monoisotopic (exact) mass is 445 g/mol. The van der Waals surface area contributed by atoms with Crippen LogP contribution in [-0.2, 0) is 17.8 Å². The van der Waals surface area contributed by atoms with E-state index in [9.17, 15) is 0 Å². The van der Waals surface area contributed by atoms with Crippen molar-refractivity contribution in [1.29, 1.82) is 0 Å². The molecule has 0 spiro atoms. The predicted octanol–water partition coefficient (Wildman–Crippen LogP) is 5.08. The Hall–Kier alpha value is -3.52. The Morgan fingerprint density at radius 3 is 2.88 bits per heavy atom. The Balaban J connectivity index is 1.35. The summed E-state index contributed by atoms with van der Waals surface area (Å²) in [5, 5.41) is 7.30. The second-order valence-corrected chi connectivity index (χ2v) is 8.73. The Bertz CT molecular complexity index is 1270. The molecule has 1 aliphatic rings. The molecule has 0 saturated carbocycles. The summed E-state index contributed by atoms with van der Waals surface area (Å²) in [6.07, 6.45) is 4.03. The molecule has 32 heavy (non-hydrogen) atoms. The van der Waals surface area contributed by atoms with Crippen LogP contribution in [-0.4, -0.2) is 33.5 Å². The summed E-state index contributed by atoms with van der Waals surface area (Å²) >= 11 is 1.59. The van der Waals surface area contributed by atoms with Crippen LogP contribution in [0, 0.1) is 6.92 Å². The molecule has 0 aliphatic carbocycles. The van der Waals surface area contributed by atoms with Gasteiger partial charge in [0.15, 0.2) is 5.90 Å². The minimum Gasteiger partial charge on any atom is -0.486 e. The predicted molar refractivity (Wildman–Crippen MR) is 127 cm³/mol. The molecule has 0 fully saturated rings. The van der Waals surface area contributed by atoms with E-state index < -0.39 is 0 Å². The molecule has 2 aromatic carbocycles. The first kappa shape index (κ1) is 20.4. The lowest BCUT2D eigenvalue weighted by atomic mass is 10.1. The zero-order valence-electron chi connectivity index (χ0n) is 17.9. The number of nitrogens with one attached hydrogen (secondary N) is 1. The minimum atomic E-state index is 0.225. The minimum absolute atomic E-state index is 0.225. The molecule has 1 N–H and O–H groups in total. The lowest BCUT2D eigenvalue weighted by molar-refractivity contribution is 0.303. The van der Waals surface area contributed by atoms with Crippen LogP contribution in [0.25, 0.3) is 10.9 Å². The van der Waals surface area contributed by atoms with Gasteiger partial charge in [0.05, 0.1) is 11.6 Å². The van der Waals surface area contributed by atoms with Gasteiger partial charge < -0.3 is 14.8 Å². The molecule has 1 unspecified atom stereocenters.